The van der Waals surface area contributed by atoms with Crippen molar-refractivity contribution < 1.29 is 0 Å². The van der Waals surface area contributed by atoms with Gasteiger partial charge >= 0.3 is 0 Å². The van der Waals surface area contributed by atoms with Gasteiger partial charge in [-0.2, -0.15) is 0 Å². The summed E-state index contributed by atoms with van der Waals surface area (Å²) in [4.78, 5) is 0. The van der Waals surface area contributed by atoms with E-state index >= 15 is 0 Å². The lowest BCUT2D eigenvalue weighted by Crippen LogP contribution is -2.30. The van der Waals surface area contributed by atoms with Crippen LogP contribution in [-0.2, 0) is 0 Å². The second-order valence-corrected chi connectivity index (χ2v) is 4.96. The van der Waals surface area contributed by atoms with Gasteiger partial charge in [-0.1, -0.05) is 31.4 Å². The molecule has 2 atom stereocenters. The zero-order valence-electron chi connectivity index (χ0n) is 9.17. The van der Waals surface area contributed by atoms with Crippen molar-refractivity contribution in [2.24, 2.45) is 5.92 Å². The smallest absolute Gasteiger partial charge is 0.0407 e. The molecule has 1 saturated carbocycles. The molecule has 0 aromatic heterocycles. The fourth-order valence-electron chi connectivity index (χ4n) is 2.29. The predicted octanol–water partition coefficient (Wildman–Crippen LogP) is 4.33. The van der Waals surface area contributed by atoms with Crippen molar-refractivity contribution >= 4 is 17.3 Å². The van der Waals surface area contributed by atoms with Gasteiger partial charge in [0.15, 0.2) is 0 Å². The van der Waals surface area contributed by atoms with Crippen LogP contribution in [0.3, 0.4) is 0 Å². The first-order valence-electron chi connectivity index (χ1n) is 5.78. The van der Waals surface area contributed by atoms with E-state index in [1.807, 2.05) is 12.1 Å². The Kier molecular flexibility index (Phi) is 3.53. The van der Waals surface area contributed by atoms with Gasteiger partial charge in [0, 0.05) is 16.8 Å². The molecule has 82 valence electrons. The first kappa shape index (κ1) is 10.8. The van der Waals surface area contributed by atoms with Crippen LogP contribution in [0.5, 0.6) is 0 Å². The quantitative estimate of drug-likeness (QED) is 0.787. The molecule has 0 spiro atoms. The highest BCUT2D eigenvalue weighted by molar-refractivity contribution is 6.30. The van der Waals surface area contributed by atoms with E-state index in [9.17, 15) is 0 Å². The molecule has 0 heterocycles. The van der Waals surface area contributed by atoms with Crippen LogP contribution in [0.1, 0.15) is 32.6 Å². The molecule has 1 aliphatic carbocycles. The van der Waals surface area contributed by atoms with Gasteiger partial charge in [0.2, 0.25) is 0 Å². The van der Waals surface area contributed by atoms with Gasteiger partial charge in [0.05, 0.1) is 0 Å². The Morgan fingerprint density at radius 3 is 2.47 bits per heavy atom. The summed E-state index contributed by atoms with van der Waals surface area (Å²) in [7, 11) is 0. The van der Waals surface area contributed by atoms with E-state index in [0.29, 0.717) is 6.04 Å². The van der Waals surface area contributed by atoms with E-state index in [0.717, 1.165) is 10.9 Å². The molecule has 15 heavy (non-hydrogen) atoms. The van der Waals surface area contributed by atoms with Gasteiger partial charge in [-0.3, -0.25) is 0 Å². The lowest BCUT2D eigenvalue weighted by atomic mass is 9.86. The van der Waals surface area contributed by atoms with Crippen LogP contribution >= 0.6 is 11.6 Å². The maximum Gasteiger partial charge on any atom is 0.0407 e. The highest BCUT2D eigenvalue weighted by atomic mass is 35.5. The molecule has 2 rings (SSSR count). The topological polar surface area (TPSA) is 12.0 Å². The van der Waals surface area contributed by atoms with Crippen LogP contribution in [-0.4, -0.2) is 6.04 Å². The first-order valence-corrected chi connectivity index (χ1v) is 6.15. The number of anilines is 1. The van der Waals surface area contributed by atoms with Gasteiger partial charge in [0.1, 0.15) is 0 Å². The Morgan fingerprint density at radius 2 is 1.80 bits per heavy atom. The van der Waals surface area contributed by atoms with Gasteiger partial charge in [-0.15, -0.1) is 0 Å². The molecule has 0 bridgehead atoms. The van der Waals surface area contributed by atoms with Crippen LogP contribution in [0.4, 0.5) is 5.69 Å². The van der Waals surface area contributed by atoms with Crippen LogP contribution in [0.15, 0.2) is 24.3 Å². The van der Waals surface area contributed by atoms with E-state index < -0.39 is 0 Å². The summed E-state index contributed by atoms with van der Waals surface area (Å²) < 4.78 is 0. The zero-order valence-corrected chi connectivity index (χ0v) is 9.93. The Hall–Kier alpha value is -0.690. The Bertz CT molecular complexity index is 307. The minimum Gasteiger partial charge on any atom is -0.382 e. The average molecular weight is 224 g/mol. The standard InChI is InChI=1S/C13H18ClN/c1-10-4-2-3-5-13(10)15-12-8-6-11(14)7-9-12/h6-10,13,15H,2-5H2,1H3. The molecule has 1 N–H and O–H groups in total. The zero-order chi connectivity index (χ0) is 10.7. The van der Waals surface area contributed by atoms with E-state index in [4.69, 9.17) is 11.6 Å². The summed E-state index contributed by atoms with van der Waals surface area (Å²) >= 11 is 5.86. The fourth-order valence-corrected chi connectivity index (χ4v) is 2.42. The number of nitrogens with one attached hydrogen (secondary N) is 1. The van der Waals surface area contributed by atoms with Crippen molar-refractivity contribution in [2.45, 2.75) is 38.6 Å². The van der Waals surface area contributed by atoms with Gasteiger partial charge < -0.3 is 5.32 Å². The molecular weight excluding hydrogens is 206 g/mol. The molecule has 0 saturated heterocycles. The summed E-state index contributed by atoms with van der Waals surface area (Å²) in [6.45, 7) is 2.34. The molecule has 2 heteroatoms. The van der Waals surface area contributed by atoms with E-state index in [-0.39, 0.29) is 0 Å². The Morgan fingerprint density at radius 1 is 1.13 bits per heavy atom. The molecule has 1 aliphatic rings. The minimum atomic E-state index is 0.639. The van der Waals surface area contributed by atoms with E-state index in [2.05, 4.69) is 24.4 Å². The third-order valence-corrected chi connectivity index (χ3v) is 3.56. The largest absolute Gasteiger partial charge is 0.382 e. The predicted molar refractivity (Wildman–Crippen MR) is 66.5 cm³/mol. The molecule has 1 nitrogen and oxygen atoms in total. The maximum atomic E-state index is 5.86. The summed E-state index contributed by atoms with van der Waals surface area (Å²) in [5.74, 6) is 0.787. The Labute approximate surface area is 96.8 Å². The van der Waals surface area contributed by atoms with Gasteiger partial charge in [0.25, 0.3) is 0 Å². The molecule has 1 fully saturated rings. The molecule has 2 unspecified atom stereocenters. The van der Waals surface area contributed by atoms with Crippen molar-refractivity contribution in [3.05, 3.63) is 29.3 Å². The summed E-state index contributed by atoms with van der Waals surface area (Å²) in [6.07, 6.45) is 5.39. The van der Waals surface area contributed by atoms with Crippen molar-refractivity contribution in [1.82, 2.24) is 0 Å². The third-order valence-electron chi connectivity index (χ3n) is 3.31. The minimum absolute atomic E-state index is 0.639. The highest BCUT2D eigenvalue weighted by Crippen LogP contribution is 2.27. The highest BCUT2D eigenvalue weighted by Gasteiger charge is 2.20. The fraction of sp³-hybridized carbons (Fsp3) is 0.538. The monoisotopic (exact) mass is 223 g/mol. The van der Waals surface area contributed by atoms with Gasteiger partial charge in [-0.05, 0) is 43.0 Å². The second kappa shape index (κ2) is 4.89. The van der Waals surface area contributed by atoms with E-state index in [1.165, 1.54) is 31.4 Å². The number of benzene rings is 1. The molecule has 0 aliphatic heterocycles. The number of rotatable bonds is 2. The average Bonchev–Trinajstić information content (AvgIpc) is 2.25. The van der Waals surface area contributed by atoms with E-state index in [1.54, 1.807) is 0 Å². The summed E-state index contributed by atoms with van der Waals surface area (Å²) in [5.41, 5.74) is 1.19. The molecular formula is C13H18ClN. The molecule has 0 radical (unpaired) electrons. The van der Waals surface area contributed by atoms with Crippen molar-refractivity contribution in [1.29, 1.82) is 0 Å². The first-order chi connectivity index (χ1) is 7.25. The Balaban J connectivity index is 1.98. The number of hydrogen-bond acceptors (Lipinski definition) is 1. The van der Waals surface area contributed by atoms with Crippen molar-refractivity contribution in [2.75, 3.05) is 5.32 Å². The summed E-state index contributed by atoms with van der Waals surface area (Å²) in [5, 5.41) is 4.40. The van der Waals surface area contributed by atoms with Gasteiger partial charge in [-0.25, -0.2) is 0 Å². The molecule has 1 aromatic carbocycles. The molecule has 1 aromatic rings. The maximum absolute atomic E-state index is 5.86. The van der Waals surface area contributed by atoms with Crippen LogP contribution in [0.25, 0.3) is 0 Å². The lowest BCUT2D eigenvalue weighted by Gasteiger charge is -2.30. The normalized spacial score (nSPS) is 26.3. The van der Waals surface area contributed by atoms with Crippen molar-refractivity contribution in [3.8, 4) is 0 Å². The van der Waals surface area contributed by atoms with Crippen LogP contribution in [0, 0.1) is 5.92 Å². The molecule has 0 amide bonds. The van der Waals surface area contributed by atoms with Crippen molar-refractivity contribution in [3.63, 3.8) is 0 Å². The summed E-state index contributed by atoms with van der Waals surface area (Å²) in [6, 6.07) is 8.64. The second-order valence-electron chi connectivity index (χ2n) is 4.52. The number of hydrogen-bond donors (Lipinski definition) is 1. The SMILES string of the molecule is CC1CCCCC1Nc1ccc(Cl)cc1. The third kappa shape index (κ3) is 2.88. The lowest BCUT2D eigenvalue weighted by molar-refractivity contribution is 0.349. The van der Waals surface area contributed by atoms with Crippen LogP contribution < -0.4 is 5.32 Å². The number of halogens is 1. The van der Waals surface area contributed by atoms with Crippen LogP contribution in [0.2, 0.25) is 5.02 Å².